The molecular weight excluding hydrogens is 207 g/mol. The monoisotopic (exact) mass is 215 g/mol. The second kappa shape index (κ2) is 2.25. The summed E-state index contributed by atoms with van der Waals surface area (Å²) in [6.07, 6.45) is 0.476. The van der Waals surface area contributed by atoms with E-state index in [2.05, 4.69) is 10.6 Å². The van der Waals surface area contributed by atoms with Crippen molar-refractivity contribution in [2.45, 2.75) is 17.1 Å². The molecule has 1 heterocycles. The predicted molar refractivity (Wildman–Crippen MR) is 21.7 cm³/mol. The Morgan fingerprint density at radius 2 is 2.43 bits per heavy atom. The fourth-order valence-corrected chi connectivity index (χ4v) is 1.81. The summed E-state index contributed by atoms with van der Waals surface area (Å²) in [5.74, 6) is 5.05. The molecule has 1 saturated heterocycles. The second-order valence-corrected chi connectivity index (χ2v) is 3.88. The molecule has 0 amide bonds. The number of alkyl halides is 1. The van der Waals surface area contributed by atoms with E-state index in [9.17, 15) is 0 Å². The Balaban J connectivity index is 1.98. The molecule has 4 heteroatoms. The van der Waals surface area contributed by atoms with Crippen molar-refractivity contribution >= 4 is 0 Å². The van der Waals surface area contributed by atoms with Crippen LogP contribution in [-0.4, -0.2) is 10.2 Å². The third-order valence-electron chi connectivity index (χ3n) is 0.808. The zero-order valence-electron chi connectivity index (χ0n) is 4.02. The van der Waals surface area contributed by atoms with Crippen molar-refractivity contribution in [1.29, 1.82) is 0 Å². The fraction of sp³-hybridized carbons (Fsp3) is 1.00. The van der Waals surface area contributed by atoms with Gasteiger partial charge in [-0.25, -0.2) is 0 Å². The van der Waals surface area contributed by atoms with E-state index in [4.69, 9.17) is 10.6 Å². The predicted octanol–water partition coefficient (Wildman–Crippen LogP) is -3.80. The molecular formula is C3H8IN2O-. The van der Waals surface area contributed by atoms with Crippen LogP contribution in [0.1, 0.15) is 6.92 Å². The van der Waals surface area contributed by atoms with E-state index < -0.39 is 0 Å². The van der Waals surface area contributed by atoms with Crippen molar-refractivity contribution in [3.63, 3.8) is 0 Å². The Morgan fingerprint density at radius 3 is 2.57 bits per heavy atom. The van der Waals surface area contributed by atoms with Gasteiger partial charge >= 0.3 is 52.8 Å². The number of nitrogens with one attached hydrogen (secondary N) is 1. The van der Waals surface area contributed by atoms with Crippen LogP contribution in [-0.2, 0) is 4.74 Å². The molecule has 0 aliphatic carbocycles. The molecule has 44 valence electrons. The van der Waals surface area contributed by atoms with Gasteiger partial charge in [-0.1, -0.05) is 0 Å². The van der Waals surface area contributed by atoms with Gasteiger partial charge in [-0.05, 0) is 0 Å². The van der Waals surface area contributed by atoms with Crippen molar-refractivity contribution < 1.29 is 26.2 Å². The fourth-order valence-electron chi connectivity index (χ4n) is 0.336. The molecule has 1 aliphatic heterocycles. The third kappa shape index (κ3) is 1.52. The van der Waals surface area contributed by atoms with Crippen LogP contribution in [0.3, 0.4) is 0 Å². The summed E-state index contributed by atoms with van der Waals surface area (Å²) in [6, 6.07) is 0. The van der Waals surface area contributed by atoms with Crippen molar-refractivity contribution in [3.05, 3.63) is 0 Å². The van der Waals surface area contributed by atoms with Crippen molar-refractivity contribution in [2.24, 2.45) is 5.84 Å². The van der Waals surface area contributed by atoms with Gasteiger partial charge in [0, 0.05) is 0 Å². The Morgan fingerprint density at radius 1 is 1.86 bits per heavy atom. The number of halogens is 1. The van der Waals surface area contributed by atoms with Gasteiger partial charge in [-0.3, -0.25) is 0 Å². The zero-order chi connectivity index (χ0) is 5.28. The molecule has 1 fully saturated rings. The summed E-state index contributed by atoms with van der Waals surface area (Å²) in [7, 11) is 0. The Kier molecular flexibility index (Phi) is 1.85. The van der Waals surface area contributed by atoms with Crippen molar-refractivity contribution in [1.82, 2.24) is 3.64 Å². The Bertz CT molecular complexity index is 70.0. The first-order chi connectivity index (χ1) is 3.34. The standard InChI is InChI=1S/C3H8IN2O/c1-2-3(7-2)4-6-5/h2-3,6H,5H2,1H3/q-1. The van der Waals surface area contributed by atoms with Gasteiger partial charge in [0.1, 0.15) is 0 Å². The molecule has 0 spiro atoms. The van der Waals surface area contributed by atoms with E-state index in [1.54, 1.807) is 0 Å². The van der Waals surface area contributed by atoms with E-state index in [1.807, 2.05) is 0 Å². The molecule has 0 radical (unpaired) electrons. The van der Waals surface area contributed by atoms with Gasteiger partial charge in [0.2, 0.25) is 0 Å². The van der Waals surface area contributed by atoms with Crippen molar-refractivity contribution in [2.75, 3.05) is 0 Å². The van der Waals surface area contributed by atoms with E-state index in [0.29, 0.717) is 10.2 Å². The number of hydrogen-bond donors (Lipinski definition) is 2. The van der Waals surface area contributed by atoms with Crippen LogP contribution in [0.5, 0.6) is 0 Å². The van der Waals surface area contributed by atoms with Crippen LogP contribution in [0.15, 0.2) is 0 Å². The van der Waals surface area contributed by atoms with Gasteiger partial charge in [-0.15, -0.1) is 0 Å². The van der Waals surface area contributed by atoms with Crippen LogP contribution in [0, 0.1) is 0 Å². The average molecular weight is 215 g/mol. The van der Waals surface area contributed by atoms with Gasteiger partial charge < -0.3 is 0 Å². The first kappa shape index (κ1) is 5.74. The number of epoxide rings is 1. The molecule has 1 rings (SSSR count). The van der Waals surface area contributed by atoms with E-state index in [-0.39, 0.29) is 21.5 Å². The number of hydrogen-bond acceptors (Lipinski definition) is 3. The second-order valence-electron chi connectivity index (χ2n) is 1.41. The maximum absolute atomic E-state index is 5.06. The van der Waals surface area contributed by atoms with E-state index >= 15 is 0 Å². The molecule has 2 unspecified atom stereocenters. The molecule has 0 aromatic carbocycles. The number of hydrazine groups is 1. The van der Waals surface area contributed by atoms with Crippen LogP contribution >= 0.6 is 0 Å². The average Bonchev–Trinajstić information content (AvgIpc) is 2.22. The first-order valence-electron chi connectivity index (χ1n) is 2.08. The normalized spacial score (nSPS) is 39.1. The maximum atomic E-state index is 5.06. The van der Waals surface area contributed by atoms with Gasteiger partial charge in [0.05, 0.1) is 0 Å². The summed E-state index contributed by atoms with van der Waals surface area (Å²) >= 11 is -0.0552. The summed E-state index contributed by atoms with van der Waals surface area (Å²) in [5.41, 5.74) is 0. The minimum atomic E-state index is -0.0552. The van der Waals surface area contributed by atoms with Gasteiger partial charge in [0.15, 0.2) is 0 Å². The number of ether oxygens (including phenoxy) is 1. The first-order valence-corrected chi connectivity index (χ1v) is 4.40. The number of nitrogens with two attached hydrogens (primary N) is 1. The molecule has 7 heavy (non-hydrogen) atoms. The summed E-state index contributed by atoms with van der Waals surface area (Å²) < 4.78 is 8.20. The minimum absolute atomic E-state index is 0.0552. The number of rotatable bonds is 2. The molecule has 0 saturated carbocycles. The molecule has 0 bridgehead atoms. The molecule has 3 N–H and O–H groups in total. The third-order valence-corrected chi connectivity index (χ3v) is 3.09. The molecule has 0 aromatic rings. The Labute approximate surface area is 53.2 Å². The summed E-state index contributed by atoms with van der Waals surface area (Å²) in [6.45, 7) is 2.06. The quantitative estimate of drug-likeness (QED) is 0.124. The molecule has 0 aromatic heterocycles. The van der Waals surface area contributed by atoms with Crippen LogP contribution in [0.4, 0.5) is 0 Å². The van der Waals surface area contributed by atoms with Gasteiger partial charge in [-0.2, -0.15) is 0 Å². The van der Waals surface area contributed by atoms with Crippen LogP contribution < -0.4 is 31.0 Å². The molecule has 3 nitrogen and oxygen atoms in total. The van der Waals surface area contributed by atoms with Crippen molar-refractivity contribution in [3.8, 4) is 0 Å². The van der Waals surface area contributed by atoms with Gasteiger partial charge in [0.25, 0.3) is 0 Å². The molecule has 1 aliphatic rings. The summed E-state index contributed by atoms with van der Waals surface area (Å²) in [5, 5.41) is 0. The van der Waals surface area contributed by atoms with E-state index in [0.717, 1.165) is 0 Å². The zero-order valence-corrected chi connectivity index (χ0v) is 6.18. The summed E-state index contributed by atoms with van der Waals surface area (Å²) in [4.78, 5) is 0. The van der Waals surface area contributed by atoms with Crippen LogP contribution in [0.25, 0.3) is 0 Å². The SMILES string of the molecule is CC1OC1[I-]NN. The topological polar surface area (TPSA) is 50.6 Å². The van der Waals surface area contributed by atoms with Crippen LogP contribution in [0.2, 0.25) is 0 Å². The molecule has 2 atom stereocenters. The van der Waals surface area contributed by atoms with E-state index in [1.165, 1.54) is 0 Å². The Hall–Kier alpha value is 0.610.